The monoisotopic (exact) mass is 402 g/mol. The van der Waals surface area contributed by atoms with Crippen LogP contribution in [0.2, 0.25) is 0 Å². The maximum atomic E-state index is 11.0. The molecular weight excluding hydrogens is 376 g/mol. The zero-order chi connectivity index (χ0) is 21.1. The highest BCUT2D eigenvalue weighted by Crippen LogP contribution is 2.43. The highest BCUT2D eigenvalue weighted by atomic mass is 16.6. The lowest BCUT2D eigenvalue weighted by molar-refractivity contribution is -0.384. The molecule has 0 bridgehead atoms. The lowest BCUT2D eigenvalue weighted by Crippen LogP contribution is -2.37. The van der Waals surface area contributed by atoms with Crippen molar-refractivity contribution in [1.29, 1.82) is 0 Å². The van der Waals surface area contributed by atoms with Gasteiger partial charge in [-0.3, -0.25) is 25.0 Å². The molecule has 0 saturated carbocycles. The van der Waals surface area contributed by atoms with E-state index in [2.05, 4.69) is 30.9 Å². The molecule has 3 aromatic rings. The van der Waals surface area contributed by atoms with Gasteiger partial charge < -0.3 is 0 Å². The number of hydrogen-bond donors (Lipinski definition) is 0. The molecule has 1 aliphatic rings. The zero-order valence-electron chi connectivity index (χ0n) is 17.4. The van der Waals surface area contributed by atoms with Gasteiger partial charge in [-0.15, -0.1) is 0 Å². The van der Waals surface area contributed by atoms with E-state index in [1.807, 2.05) is 36.7 Å². The van der Waals surface area contributed by atoms with Gasteiger partial charge in [0.25, 0.3) is 5.69 Å². The molecule has 1 aliphatic heterocycles. The predicted octanol–water partition coefficient (Wildman–Crippen LogP) is 5.47. The number of nitro benzene ring substituents is 1. The summed E-state index contributed by atoms with van der Waals surface area (Å²) >= 11 is 0. The van der Waals surface area contributed by atoms with Crippen LogP contribution < -0.4 is 0 Å². The van der Waals surface area contributed by atoms with Gasteiger partial charge in [-0.05, 0) is 61.9 Å². The highest BCUT2D eigenvalue weighted by molar-refractivity contribution is 5.33. The molecule has 0 amide bonds. The number of aryl methyl sites for hydroxylation is 2. The molecular formula is C24H26N4O2. The second-order valence-corrected chi connectivity index (χ2v) is 7.97. The minimum Gasteiger partial charge on any atom is -0.282 e. The Bertz CT molecular complexity index is 982. The van der Waals surface area contributed by atoms with Gasteiger partial charge in [0.2, 0.25) is 0 Å². The molecule has 6 heteroatoms. The number of rotatable bonds is 5. The van der Waals surface area contributed by atoms with Crippen LogP contribution in [0.1, 0.15) is 59.4 Å². The predicted molar refractivity (Wildman–Crippen MR) is 116 cm³/mol. The molecule has 1 fully saturated rings. The van der Waals surface area contributed by atoms with Crippen molar-refractivity contribution in [2.75, 3.05) is 0 Å². The molecule has 1 saturated heterocycles. The minimum atomic E-state index is -0.356. The normalized spacial score (nSPS) is 19.5. The first-order chi connectivity index (χ1) is 14.5. The van der Waals surface area contributed by atoms with E-state index in [0.717, 1.165) is 36.2 Å². The molecule has 0 radical (unpaired) electrons. The fourth-order valence-electron chi connectivity index (χ4n) is 4.49. The molecule has 0 spiro atoms. The van der Waals surface area contributed by atoms with Gasteiger partial charge in [-0.25, -0.2) is 0 Å². The number of nitro groups is 1. The number of hydrogen-bond acceptors (Lipinski definition) is 5. The van der Waals surface area contributed by atoms with Crippen molar-refractivity contribution in [2.24, 2.45) is 0 Å². The van der Waals surface area contributed by atoms with E-state index >= 15 is 0 Å². The molecule has 0 N–H and O–H groups in total. The van der Waals surface area contributed by atoms with Crippen molar-refractivity contribution in [3.8, 4) is 0 Å². The second kappa shape index (κ2) is 8.71. The van der Waals surface area contributed by atoms with E-state index in [-0.39, 0.29) is 22.7 Å². The smallest absolute Gasteiger partial charge is 0.269 e. The molecule has 4 rings (SSSR count). The number of nitrogens with zero attached hydrogens (tertiary/aromatic N) is 4. The number of pyridine rings is 2. The molecule has 0 unspecified atom stereocenters. The van der Waals surface area contributed by atoms with Crippen LogP contribution in [0, 0.1) is 24.0 Å². The quantitative estimate of drug-likeness (QED) is 0.418. The van der Waals surface area contributed by atoms with Crippen LogP contribution in [0.3, 0.4) is 0 Å². The summed E-state index contributed by atoms with van der Waals surface area (Å²) in [6.45, 7) is 4.92. The Labute approximate surface area is 176 Å². The average Bonchev–Trinajstić information content (AvgIpc) is 2.75. The molecule has 1 aromatic carbocycles. The van der Waals surface area contributed by atoms with Crippen molar-refractivity contribution in [3.63, 3.8) is 0 Å². The largest absolute Gasteiger partial charge is 0.282 e. The Hall–Kier alpha value is -3.12. The SMILES string of the molecule is Cc1cccnc1[C@H]1CCC[C@@H](c2ncccc2C)N1Cc1ccc([N+](=O)[O-])cc1. The Morgan fingerprint density at radius 2 is 1.47 bits per heavy atom. The zero-order valence-corrected chi connectivity index (χ0v) is 17.4. The first-order valence-corrected chi connectivity index (χ1v) is 10.4. The van der Waals surface area contributed by atoms with Crippen LogP contribution in [-0.4, -0.2) is 19.8 Å². The van der Waals surface area contributed by atoms with Crippen LogP contribution in [0.4, 0.5) is 5.69 Å². The Kier molecular flexibility index (Phi) is 5.86. The molecule has 3 heterocycles. The van der Waals surface area contributed by atoms with Gasteiger partial charge in [-0.2, -0.15) is 0 Å². The van der Waals surface area contributed by atoms with E-state index in [4.69, 9.17) is 9.97 Å². The summed E-state index contributed by atoms with van der Waals surface area (Å²) in [7, 11) is 0. The van der Waals surface area contributed by atoms with E-state index in [0.29, 0.717) is 6.54 Å². The van der Waals surface area contributed by atoms with E-state index in [1.165, 1.54) is 11.1 Å². The molecule has 0 aliphatic carbocycles. The van der Waals surface area contributed by atoms with Gasteiger partial charge in [-0.1, -0.05) is 24.3 Å². The molecule has 6 nitrogen and oxygen atoms in total. The maximum Gasteiger partial charge on any atom is 0.269 e. The van der Waals surface area contributed by atoms with Crippen molar-refractivity contribution < 1.29 is 4.92 Å². The summed E-state index contributed by atoms with van der Waals surface area (Å²) in [5.41, 5.74) is 5.77. The topological polar surface area (TPSA) is 72.2 Å². The highest BCUT2D eigenvalue weighted by Gasteiger charge is 2.35. The summed E-state index contributed by atoms with van der Waals surface area (Å²) in [6, 6.07) is 15.4. The minimum absolute atomic E-state index is 0.117. The maximum absolute atomic E-state index is 11.0. The third kappa shape index (κ3) is 4.09. The number of likely N-dealkylation sites (tertiary alicyclic amines) is 1. The third-order valence-electron chi connectivity index (χ3n) is 6.00. The lowest BCUT2D eigenvalue weighted by Gasteiger charge is -2.42. The number of benzene rings is 1. The van der Waals surface area contributed by atoms with Crippen LogP contribution in [0.5, 0.6) is 0 Å². The van der Waals surface area contributed by atoms with E-state index < -0.39 is 0 Å². The first-order valence-electron chi connectivity index (χ1n) is 10.4. The number of aromatic nitrogens is 2. The van der Waals surface area contributed by atoms with Crippen molar-refractivity contribution in [3.05, 3.63) is 99.1 Å². The average molecular weight is 402 g/mol. The van der Waals surface area contributed by atoms with E-state index in [9.17, 15) is 10.1 Å². The Morgan fingerprint density at radius 1 is 0.933 bits per heavy atom. The van der Waals surface area contributed by atoms with Crippen molar-refractivity contribution in [2.45, 2.75) is 51.7 Å². The summed E-state index contributed by atoms with van der Waals surface area (Å²) in [6.07, 6.45) is 6.91. The van der Waals surface area contributed by atoms with Gasteiger partial charge in [0.15, 0.2) is 0 Å². The fraction of sp³-hybridized carbons (Fsp3) is 0.333. The van der Waals surface area contributed by atoms with Gasteiger partial charge >= 0.3 is 0 Å². The van der Waals surface area contributed by atoms with Crippen molar-refractivity contribution >= 4 is 5.69 Å². The summed E-state index contributed by atoms with van der Waals surface area (Å²) in [4.78, 5) is 22.6. The molecule has 2 aromatic heterocycles. The van der Waals surface area contributed by atoms with Gasteiger partial charge in [0, 0.05) is 31.1 Å². The first kappa shape index (κ1) is 20.2. The van der Waals surface area contributed by atoms with Gasteiger partial charge in [0.1, 0.15) is 0 Å². The van der Waals surface area contributed by atoms with Crippen LogP contribution >= 0.6 is 0 Å². The lowest BCUT2D eigenvalue weighted by atomic mass is 9.88. The fourth-order valence-corrected chi connectivity index (χ4v) is 4.49. The third-order valence-corrected chi connectivity index (χ3v) is 6.00. The Morgan fingerprint density at radius 3 is 1.93 bits per heavy atom. The number of non-ortho nitro benzene ring substituents is 1. The molecule has 154 valence electrons. The van der Waals surface area contributed by atoms with Crippen LogP contribution in [0.25, 0.3) is 0 Å². The summed E-state index contributed by atoms with van der Waals surface area (Å²) < 4.78 is 0. The standard InChI is InChI=1S/C24H26N4O2/c1-17-6-4-14-25-23(17)21-8-3-9-22(24-18(2)7-5-15-26-24)27(21)16-19-10-12-20(13-11-19)28(29)30/h4-7,10-15,21-22H,3,8-9,16H2,1-2H3/t21-,22+. The van der Waals surface area contributed by atoms with Crippen molar-refractivity contribution in [1.82, 2.24) is 14.9 Å². The van der Waals surface area contributed by atoms with Crippen LogP contribution in [0.15, 0.2) is 60.9 Å². The van der Waals surface area contributed by atoms with E-state index in [1.54, 1.807) is 12.1 Å². The summed E-state index contributed by atoms with van der Waals surface area (Å²) in [5.74, 6) is 0. The summed E-state index contributed by atoms with van der Waals surface area (Å²) in [5, 5.41) is 11.0. The Balaban J connectivity index is 1.73. The van der Waals surface area contributed by atoms with Crippen LogP contribution in [-0.2, 0) is 6.54 Å². The molecule has 30 heavy (non-hydrogen) atoms. The number of piperidine rings is 1. The second-order valence-electron chi connectivity index (χ2n) is 7.97. The van der Waals surface area contributed by atoms with Gasteiger partial charge in [0.05, 0.1) is 28.4 Å². The molecule has 2 atom stereocenters.